The van der Waals surface area contributed by atoms with Crippen molar-refractivity contribution in [3.05, 3.63) is 33.1 Å². The van der Waals surface area contributed by atoms with E-state index in [2.05, 4.69) is 36.7 Å². The van der Waals surface area contributed by atoms with E-state index in [4.69, 9.17) is 9.15 Å². The molecule has 0 spiro atoms. The molecule has 1 aliphatic heterocycles. The van der Waals surface area contributed by atoms with Crippen LogP contribution in [0.4, 0.5) is 5.13 Å². The van der Waals surface area contributed by atoms with Crippen molar-refractivity contribution >= 4 is 44.2 Å². The van der Waals surface area contributed by atoms with Crippen molar-refractivity contribution in [2.75, 3.05) is 31.2 Å². The predicted molar refractivity (Wildman–Crippen MR) is 91.2 cm³/mol. The number of nitrogens with one attached hydrogen (secondary N) is 2. The number of anilines is 1. The molecule has 2 amide bonds. The summed E-state index contributed by atoms with van der Waals surface area (Å²) in [5.41, 5.74) is 5.32. The number of nitrogens with zero attached hydrogens (tertiary/aromatic N) is 2. The predicted octanol–water partition coefficient (Wildman–Crippen LogP) is 1.72. The fourth-order valence-corrected chi connectivity index (χ4v) is 3.47. The summed E-state index contributed by atoms with van der Waals surface area (Å²) >= 11 is 4.40. The fraction of sp³-hybridized carbons (Fsp3) is 0.357. The highest BCUT2D eigenvalue weighted by Gasteiger charge is 2.21. The average molecular weight is 415 g/mol. The smallest absolute Gasteiger partial charge is 0.305 e. The first-order valence-electron chi connectivity index (χ1n) is 7.21. The van der Waals surface area contributed by atoms with Crippen LogP contribution in [-0.2, 0) is 4.74 Å². The van der Waals surface area contributed by atoms with Gasteiger partial charge in [-0.3, -0.25) is 20.4 Å². The van der Waals surface area contributed by atoms with Crippen molar-refractivity contribution in [2.45, 2.75) is 6.92 Å². The van der Waals surface area contributed by atoms with Crippen LogP contribution in [0.25, 0.3) is 0 Å². The Morgan fingerprint density at radius 3 is 2.62 bits per heavy atom. The number of ether oxygens (including phenoxy) is 1. The lowest BCUT2D eigenvalue weighted by atomic mass is 10.4. The Labute approximate surface area is 150 Å². The van der Waals surface area contributed by atoms with E-state index in [1.807, 2.05) is 0 Å². The van der Waals surface area contributed by atoms with Crippen molar-refractivity contribution in [1.29, 1.82) is 0 Å². The second kappa shape index (κ2) is 7.32. The summed E-state index contributed by atoms with van der Waals surface area (Å²) in [6, 6.07) is 3.10. The van der Waals surface area contributed by atoms with Crippen molar-refractivity contribution < 1.29 is 18.7 Å². The van der Waals surface area contributed by atoms with Crippen LogP contribution < -0.4 is 15.8 Å². The Hall–Kier alpha value is -1.91. The summed E-state index contributed by atoms with van der Waals surface area (Å²) in [6.45, 7) is 4.56. The van der Waals surface area contributed by atoms with Crippen molar-refractivity contribution in [3.8, 4) is 0 Å². The number of aryl methyl sites for hydroxylation is 1. The Balaban J connectivity index is 1.62. The van der Waals surface area contributed by atoms with Gasteiger partial charge >= 0.3 is 5.91 Å². The Morgan fingerprint density at radius 2 is 1.96 bits per heavy atom. The molecule has 8 nitrogen and oxygen atoms in total. The van der Waals surface area contributed by atoms with Crippen molar-refractivity contribution in [1.82, 2.24) is 15.8 Å². The number of rotatable bonds is 3. The van der Waals surface area contributed by atoms with Crippen LogP contribution in [0.1, 0.15) is 25.9 Å². The third kappa shape index (κ3) is 3.77. The number of aromatic nitrogens is 1. The number of hydrogen-bond donors (Lipinski definition) is 2. The van der Waals surface area contributed by atoms with Gasteiger partial charge in [-0.25, -0.2) is 4.98 Å². The minimum atomic E-state index is -0.537. The molecule has 10 heteroatoms. The first kappa shape index (κ1) is 16.9. The maximum Gasteiger partial charge on any atom is 0.305 e. The van der Waals surface area contributed by atoms with E-state index >= 15 is 0 Å². The number of halogens is 1. The van der Waals surface area contributed by atoms with Crippen LogP contribution in [0.5, 0.6) is 0 Å². The molecule has 24 heavy (non-hydrogen) atoms. The molecule has 2 N–H and O–H groups in total. The summed E-state index contributed by atoms with van der Waals surface area (Å²) in [6.07, 6.45) is 0. The summed E-state index contributed by atoms with van der Waals surface area (Å²) in [4.78, 5) is 31.1. The molecule has 128 valence electrons. The Bertz CT molecular complexity index is 754. The molecular formula is C14H15BrN4O4S. The number of carbonyl (C=O) groups is 2. The Morgan fingerprint density at radius 1 is 1.25 bits per heavy atom. The van der Waals surface area contributed by atoms with Gasteiger partial charge in [-0.05, 0) is 35.0 Å². The summed E-state index contributed by atoms with van der Waals surface area (Å²) < 4.78 is 10.9. The van der Waals surface area contributed by atoms with Gasteiger partial charge in [-0.2, -0.15) is 0 Å². The normalized spacial score (nSPS) is 14.5. The number of hydrazine groups is 1. The monoisotopic (exact) mass is 414 g/mol. The third-order valence-corrected chi connectivity index (χ3v) is 5.00. The summed E-state index contributed by atoms with van der Waals surface area (Å²) in [5.74, 6) is -0.856. The maximum atomic E-state index is 12.3. The zero-order valence-corrected chi connectivity index (χ0v) is 15.2. The number of thiazole rings is 1. The van der Waals surface area contributed by atoms with Crippen LogP contribution in [0.3, 0.4) is 0 Å². The number of furan rings is 1. The average Bonchev–Trinajstić information content (AvgIpc) is 3.19. The lowest BCUT2D eigenvalue weighted by Crippen LogP contribution is -2.41. The van der Waals surface area contributed by atoms with E-state index in [1.165, 1.54) is 17.4 Å². The summed E-state index contributed by atoms with van der Waals surface area (Å²) in [5, 5.41) is 0.780. The minimum Gasteiger partial charge on any atom is -0.444 e. The van der Waals surface area contributed by atoms with Gasteiger partial charge in [0.25, 0.3) is 5.91 Å². The molecule has 0 radical (unpaired) electrons. The second-order valence-corrected chi connectivity index (χ2v) is 6.78. The van der Waals surface area contributed by atoms with E-state index in [1.54, 1.807) is 13.0 Å². The van der Waals surface area contributed by atoms with Gasteiger partial charge in [-0.1, -0.05) is 11.3 Å². The quantitative estimate of drug-likeness (QED) is 0.742. The van der Waals surface area contributed by atoms with Gasteiger partial charge in [0.15, 0.2) is 15.6 Å². The number of morpholine rings is 1. The molecular weight excluding hydrogens is 400 g/mol. The van der Waals surface area contributed by atoms with Gasteiger partial charge in [0.1, 0.15) is 4.88 Å². The molecule has 0 bridgehead atoms. The first-order chi connectivity index (χ1) is 11.5. The highest BCUT2D eigenvalue weighted by atomic mass is 79.9. The van der Waals surface area contributed by atoms with Crippen LogP contribution in [0.2, 0.25) is 0 Å². The van der Waals surface area contributed by atoms with Crippen LogP contribution in [0, 0.1) is 6.92 Å². The summed E-state index contributed by atoms with van der Waals surface area (Å²) in [7, 11) is 0. The van der Waals surface area contributed by atoms with Gasteiger partial charge in [0.05, 0.1) is 18.9 Å². The largest absolute Gasteiger partial charge is 0.444 e. The van der Waals surface area contributed by atoms with Gasteiger partial charge in [-0.15, -0.1) is 0 Å². The van der Waals surface area contributed by atoms with E-state index < -0.39 is 11.8 Å². The van der Waals surface area contributed by atoms with Gasteiger partial charge in [0, 0.05) is 13.1 Å². The van der Waals surface area contributed by atoms with E-state index in [-0.39, 0.29) is 5.76 Å². The highest BCUT2D eigenvalue weighted by molar-refractivity contribution is 9.10. The minimum absolute atomic E-state index is 0.0946. The zero-order valence-electron chi connectivity index (χ0n) is 12.8. The second-order valence-electron chi connectivity index (χ2n) is 5.02. The number of hydrogen-bond acceptors (Lipinski definition) is 7. The van der Waals surface area contributed by atoms with Crippen molar-refractivity contribution in [3.63, 3.8) is 0 Å². The van der Waals surface area contributed by atoms with E-state index in [9.17, 15) is 9.59 Å². The SMILES string of the molecule is Cc1nc(N2CCOCC2)sc1C(=O)NNC(=O)c1ccc(Br)o1. The molecule has 3 rings (SSSR count). The lowest BCUT2D eigenvalue weighted by Gasteiger charge is -2.25. The van der Waals surface area contributed by atoms with Crippen molar-refractivity contribution in [2.24, 2.45) is 0 Å². The first-order valence-corrected chi connectivity index (χ1v) is 8.81. The lowest BCUT2D eigenvalue weighted by molar-refractivity contribution is 0.0831. The molecule has 0 saturated carbocycles. The van der Waals surface area contributed by atoms with Gasteiger partial charge in [0.2, 0.25) is 0 Å². The van der Waals surface area contributed by atoms with E-state index in [0.29, 0.717) is 28.5 Å². The van der Waals surface area contributed by atoms with Crippen LogP contribution in [-0.4, -0.2) is 43.1 Å². The molecule has 3 heterocycles. The molecule has 0 aromatic carbocycles. The maximum absolute atomic E-state index is 12.3. The molecule has 0 unspecified atom stereocenters. The topological polar surface area (TPSA) is 96.7 Å². The Kier molecular flexibility index (Phi) is 5.17. The standard InChI is InChI=1S/C14H15BrN4O4S/c1-8-11(24-14(16-8)19-4-6-22-7-5-19)13(21)18-17-12(20)9-2-3-10(15)23-9/h2-3H,4-7H2,1H3,(H,17,20)(H,18,21). The van der Waals surface area contributed by atoms with Gasteiger partial charge < -0.3 is 14.1 Å². The number of carbonyl (C=O) groups excluding carboxylic acids is 2. The molecule has 0 aliphatic carbocycles. The molecule has 1 fully saturated rings. The molecule has 1 aliphatic rings. The molecule has 2 aromatic heterocycles. The van der Waals surface area contributed by atoms with Crippen LogP contribution >= 0.6 is 27.3 Å². The highest BCUT2D eigenvalue weighted by Crippen LogP contribution is 2.26. The fourth-order valence-electron chi connectivity index (χ4n) is 2.15. The molecule has 0 atom stereocenters. The third-order valence-electron chi connectivity index (χ3n) is 3.36. The molecule has 1 saturated heterocycles. The van der Waals surface area contributed by atoms with E-state index in [0.717, 1.165) is 18.2 Å². The zero-order chi connectivity index (χ0) is 17.1. The molecule has 2 aromatic rings. The van der Waals surface area contributed by atoms with Crippen LogP contribution in [0.15, 0.2) is 21.2 Å². The number of amides is 2.